The molecule has 3 atom stereocenters. The maximum absolute atomic E-state index is 14.9. The summed E-state index contributed by atoms with van der Waals surface area (Å²) in [7, 11) is 0. The van der Waals surface area contributed by atoms with Crippen LogP contribution in [0.15, 0.2) is 109 Å². The lowest BCUT2D eigenvalue weighted by molar-refractivity contribution is -0.483. The lowest BCUT2D eigenvalue weighted by atomic mass is 9.54. The van der Waals surface area contributed by atoms with E-state index in [2.05, 4.69) is 0 Å². The zero-order chi connectivity index (χ0) is 27.1. The van der Waals surface area contributed by atoms with Crippen LogP contribution in [0.3, 0.4) is 0 Å². The van der Waals surface area contributed by atoms with Crippen LogP contribution in [0.4, 0.5) is 5.69 Å². The van der Waals surface area contributed by atoms with Crippen molar-refractivity contribution in [3.8, 4) is 0 Å². The molecule has 0 aromatic heterocycles. The van der Waals surface area contributed by atoms with E-state index in [1.165, 1.54) is 4.90 Å². The highest BCUT2D eigenvalue weighted by atomic mass is 16.6. The summed E-state index contributed by atoms with van der Waals surface area (Å²) in [5.74, 6) is -4.44. The molecule has 4 aromatic carbocycles. The molecule has 1 amide bonds. The van der Waals surface area contributed by atoms with Gasteiger partial charge in [-0.1, -0.05) is 97.1 Å². The third-order valence-electron chi connectivity index (χ3n) is 8.10. The highest BCUT2D eigenvalue weighted by Gasteiger charge is 2.56. The van der Waals surface area contributed by atoms with Gasteiger partial charge in [0.2, 0.25) is 12.5 Å². The van der Waals surface area contributed by atoms with Crippen molar-refractivity contribution in [3.05, 3.63) is 147 Å². The van der Waals surface area contributed by atoms with Gasteiger partial charge in [0.1, 0.15) is 6.04 Å². The molecule has 7 rings (SSSR count). The summed E-state index contributed by atoms with van der Waals surface area (Å²) in [6, 6.07) is 32.3. The number of anilines is 1. The normalized spacial score (nSPS) is 21.3. The highest BCUT2D eigenvalue weighted by Crippen LogP contribution is 2.59. The van der Waals surface area contributed by atoms with E-state index in [4.69, 9.17) is 0 Å². The van der Waals surface area contributed by atoms with E-state index in [0.29, 0.717) is 11.3 Å². The van der Waals surface area contributed by atoms with E-state index in [-0.39, 0.29) is 0 Å². The Morgan fingerprint density at radius 2 is 1.15 bits per heavy atom. The van der Waals surface area contributed by atoms with Crippen LogP contribution in [0.5, 0.6) is 0 Å². The molecule has 7 nitrogen and oxygen atoms in total. The molecular formula is C32H26N2O5. The molecule has 39 heavy (non-hydrogen) atoms. The molecule has 7 heteroatoms. The molecule has 194 valence electrons. The first-order valence-electron chi connectivity index (χ1n) is 12.9. The molecule has 1 N–H and O–H groups in total. The number of carbonyl (C=O) groups excluding carboxylic acids is 1. The zero-order valence-electron chi connectivity index (χ0n) is 21.0. The first kappa shape index (κ1) is 24.6. The van der Waals surface area contributed by atoms with Crippen molar-refractivity contribution in [2.24, 2.45) is 11.8 Å². The number of nitrogens with zero attached hydrogens (tertiary/aromatic N) is 2. The van der Waals surface area contributed by atoms with Crippen LogP contribution in [0.1, 0.15) is 45.7 Å². The van der Waals surface area contributed by atoms with Crippen LogP contribution in [-0.4, -0.2) is 28.5 Å². The molecule has 0 spiro atoms. The van der Waals surface area contributed by atoms with Crippen LogP contribution in [-0.2, 0) is 9.59 Å². The van der Waals surface area contributed by atoms with Gasteiger partial charge >= 0.3 is 5.97 Å². The van der Waals surface area contributed by atoms with Gasteiger partial charge in [0, 0.05) is 22.4 Å². The summed E-state index contributed by atoms with van der Waals surface area (Å²) < 4.78 is 0. The predicted molar refractivity (Wildman–Crippen MR) is 146 cm³/mol. The molecule has 3 aliphatic rings. The molecule has 0 radical (unpaired) electrons. The number of rotatable bonds is 7. The van der Waals surface area contributed by atoms with Crippen LogP contribution in [0, 0.1) is 22.0 Å². The van der Waals surface area contributed by atoms with Gasteiger partial charge in [-0.15, -0.1) is 0 Å². The SMILES string of the molecule is O=C(O)C1C2c3ccccc3C(c3ccccc32)C1C(=O)N(c1ccccc1)C(C[N+](=O)[O-])c1ccccc1. The Kier molecular flexibility index (Phi) is 6.19. The molecular weight excluding hydrogens is 492 g/mol. The number of carboxylic acid groups (broad SMARTS) is 1. The third-order valence-corrected chi connectivity index (χ3v) is 8.10. The second-order valence-electron chi connectivity index (χ2n) is 10.1. The number of hydrogen-bond donors (Lipinski definition) is 1. The lowest BCUT2D eigenvalue weighted by Gasteiger charge is -2.49. The summed E-state index contributed by atoms with van der Waals surface area (Å²) in [5.41, 5.74) is 4.83. The van der Waals surface area contributed by atoms with Crippen LogP contribution in [0.25, 0.3) is 0 Å². The summed E-state index contributed by atoms with van der Waals surface area (Å²) in [6.07, 6.45) is 0. The third kappa shape index (κ3) is 4.07. The first-order chi connectivity index (χ1) is 19.0. The Hall–Kier alpha value is -4.78. The number of fused-ring (bicyclic) bond motifs is 1. The van der Waals surface area contributed by atoms with E-state index in [0.717, 1.165) is 22.3 Å². The Morgan fingerprint density at radius 1 is 0.718 bits per heavy atom. The minimum absolute atomic E-state index is 0.423. The van der Waals surface area contributed by atoms with Crippen molar-refractivity contribution in [1.29, 1.82) is 0 Å². The number of carboxylic acids is 1. The second-order valence-corrected chi connectivity index (χ2v) is 10.1. The zero-order valence-corrected chi connectivity index (χ0v) is 21.0. The molecule has 3 aliphatic carbocycles. The minimum Gasteiger partial charge on any atom is -0.481 e. The van der Waals surface area contributed by atoms with E-state index in [9.17, 15) is 24.8 Å². The summed E-state index contributed by atoms with van der Waals surface area (Å²) in [4.78, 5) is 40.8. The average molecular weight is 519 g/mol. The van der Waals surface area contributed by atoms with Crippen molar-refractivity contribution in [1.82, 2.24) is 0 Å². The van der Waals surface area contributed by atoms with Gasteiger partial charge in [-0.2, -0.15) is 0 Å². The summed E-state index contributed by atoms with van der Waals surface area (Å²) in [5, 5.41) is 22.5. The van der Waals surface area contributed by atoms with E-state index < -0.39 is 53.1 Å². The van der Waals surface area contributed by atoms with Crippen molar-refractivity contribution in [3.63, 3.8) is 0 Å². The molecule has 4 aromatic rings. The van der Waals surface area contributed by atoms with Gasteiger partial charge in [0.05, 0.1) is 11.8 Å². The Bertz CT molecular complexity index is 1510. The number of amides is 1. The number of benzene rings is 4. The maximum atomic E-state index is 14.9. The molecule has 0 aliphatic heterocycles. The second kappa shape index (κ2) is 9.83. The standard InChI is InChI=1S/C32H26N2O5/c35-31(34(21-13-5-2-6-14-21)26(19-33(38)39)20-11-3-1-4-12-20)29-27-22-15-7-9-17-24(22)28(30(29)32(36)37)25-18-10-8-16-23(25)27/h1-18,26-30H,19H2,(H,36,37). The van der Waals surface area contributed by atoms with Gasteiger partial charge in [-0.3, -0.25) is 24.6 Å². The van der Waals surface area contributed by atoms with Crippen molar-refractivity contribution in [2.45, 2.75) is 17.9 Å². The maximum Gasteiger partial charge on any atom is 0.308 e. The number of aliphatic carboxylic acids is 1. The monoisotopic (exact) mass is 518 g/mol. The first-order valence-corrected chi connectivity index (χ1v) is 12.9. The van der Waals surface area contributed by atoms with Crippen molar-refractivity contribution >= 4 is 17.6 Å². The largest absolute Gasteiger partial charge is 0.481 e. The fraction of sp³-hybridized carbons (Fsp3) is 0.188. The molecule has 0 saturated carbocycles. The van der Waals surface area contributed by atoms with Gasteiger partial charge in [0.15, 0.2) is 0 Å². The van der Waals surface area contributed by atoms with Gasteiger partial charge in [-0.25, -0.2) is 0 Å². The molecule has 3 unspecified atom stereocenters. The molecule has 0 heterocycles. The molecule has 2 bridgehead atoms. The predicted octanol–water partition coefficient (Wildman–Crippen LogP) is 5.65. The van der Waals surface area contributed by atoms with Crippen LogP contribution >= 0.6 is 0 Å². The smallest absolute Gasteiger partial charge is 0.308 e. The van der Waals surface area contributed by atoms with Crippen molar-refractivity contribution < 1.29 is 19.6 Å². The van der Waals surface area contributed by atoms with Crippen LogP contribution < -0.4 is 4.90 Å². The lowest BCUT2D eigenvalue weighted by Crippen LogP contribution is -2.52. The van der Waals surface area contributed by atoms with Crippen LogP contribution in [0.2, 0.25) is 0 Å². The molecule has 0 fully saturated rings. The number of nitro groups is 1. The highest BCUT2D eigenvalue weighted by molar-refractivity contribution is 6.00. The topological polar surface area (TPSA) is 101 Å². The fourth-order valence-corrected chi connectivity index (χ4v) is 6.63. The summed E-state index contributed by atoms with van der Waals surface area (Å²) >= 11 is 0. The number of hydrogen-bond acceptors (Lipinski definition) is 4. The minimum atomic E-state index is -1.05. The quantitative estimate of drug-likeness (QED) is 0.252. The number of para-hydroxylation sites is 1. The number of carbonyl (C=O) groups is 2. The van der Waals surface area contributed by atoms with E-state index in [1.807, 2.05) is 60.7 Å². The van der Waals surface area contributed by atoms with Gasteiger partial charge < -0.3 is 5.11 Å². The van der Waals surface area contributed by atoms with Gasteiger partial charge in [0.25, 0.3) is 0 Å². The molecule has 0 saturated heterocycles. The average Bonchev–Trinajstić information content (AvgIpc) is 2.97. The van der Waals surface area contributed by atoms with Crippen molar-refractivity contribution in [2.75, 3.05) is 11.4 Å². The van der Waals surface area contributed by atoms with E-state index >= 15 is 0 Å². The summed E-state index contributed by atoms with van der Waals surface area (Å²) in [6.45, 7) is -0.517. The Balaban J connectivity index is 1.57. The Labute approximate surface area is 225 Å². The van der Waals surface area contributed by atoms with Gasteiger partial charge in [-0.05, 0) is 39.9 Å². The fourth-order valence-electron chi connectivity index (χ4n) is 6.63. The Morgan fingerprint density at radius 3 is 1.62 bits per heavy atom. The van der Waals surface area contributed by atoms with E-state index in [1.54, 1.807) is 48.5 Å².